The van der Waals surface area contributed by atoms with Crippen LogP contribution in [-0.2, 0) is 17.8 Å². The Morgan fingerprint density at radius 1 is 1.33 bits per heavy atom. The maximum Gasteiger partial charge on any atom is 0.357 e. The van der Waals surface area contributed by atoms with Gasteiger partial charge in [-0.2, -0.15) is 0 Å². The molecule has 1 aliphatic rings. The van der Waals surface area contributed by atoms with Gasteiger partial charge in [-0.1, -0.05) is 0 Å². The molecule has 2 heterocycles. The normalized spacial score (nSPS) is 13.1. The van der Waals surface area contributed by atoms with E-state index in [4.69, 9.17) is 4.74 Å². The highest BCUT2D eigenvalue weighted by Gasteiger charge is 2.24. The summed E-state index contributed by atoms with van der Waals surface area (Å²) in [5.41, 5.74) is 3.24. The van der Waals surface area contributed by atoms with E-state index in [2.05, 4.69) is 15.3 Å². The van der Waals surface area contributed by atoms with Gasteiger partial charge in [0, 0.05) is 24.2 Å². The van der Waals surface area contributed by atoms with Gasteiger partial charge in [0.2, 0.25) is 0 Å². The van der Waals surface area contributed by atoms with Crippen molar-refractivity contribution in [1.29, 1.82) is 0 Å². The minimum atomic E-state index is -0.488. The lowest BCUT2D eigenvalue weighted by Gasteiger charge is -2.10. The van der Waals surface area contributed by atoms with Gasteiger partial charge in [0.25, 0.3) is 0 Å². The molecule has 0 aliphatic carbocycles. The number of nitrogens with one attached hydrogen (secondary N) is 1. The Balaban J connectivity index is 2.18. The van der Waals surface area contributed by atoms with E-state index in [1.165, 1.54) is 19.2 Å². The first-order valence-corrected chi connectivity index (χ1v) is 6.55. The Kier molecular flexibility index (Phi) is 3.39. The van der Waals surface area contributed by atoms with Crippen LogP contribution in [0.5, 0.6) is 0 Å². The van der Waals surface area contributed by atoms with E-state index < -0.39 is 5.97 Å². The van der Waals surface area contributed by atoms with Crippen LogP contribution >= 0.6 is 0 Å². The van der Waals surface area contributed by atoms with Gasteiger partial charge in [-0.3, -0.25) is 0 Å². The number of hydrogen-bond acceptors (Lipinski definition) is 5. The van der Waals surface area contributed by atoms with E-state index in [9.17, 15) is 9.18 Å². The maximum atomic E-state index is 13.2. The molecule has 1 aromatic heterocycles. The molecule has 2 aromatic rings. The van der Waals surface area contributed by atoms with Gasteiger partial charge in [0.15, 0.2) is 11.5 Å². The quantitative estimate of drug-likeness (QED) is 0.856. The van der Waals surface area contributed by atoms with Gasteiger partial charge in [0.05, 0.1) is 12.8 Å². The Morgan fingerprint density at radius 3 is 2.86 bits per heavy atom. The Labute approximate surface area is 121 Å². The number of aromatic nitrogens is 2. The summed E-state index contributed by atoms with van der Waals surface area (Å²) < 4.78 is 18.0. The van der Waals surface area contributed by atoms with Crippen LogP contribution in [0.3, 0.4) is 0 Å². The second kappa shape index (κ2) is 5.21. The van der Waals surface area contributed by atoms with Gasteiger partial charge < -0.3 is 10.1 Å². The summed E-state index contributed by atoms with van der Waals surface area (Å²) >= 11 is 0. The number of methoxy groups -OCH3 is 1. The molecule has 21 heavy (non-hydrogen) atoms. The minimum absolute atomic E-state index is 0.270. The van der Waals surface area contributed by atoms with Crippen LogP contribution in [0, 0.1) is 12.7 Å². The molecule has 1 aliphatic heterocycles. The van der Waals surface area contributed by atoms with Crippen LogP contribution in [0.25, 0.3) is 11.4 Å². The second-order valence-electron chi connectivity index (χ2n) is 4.88. The number of nitrogens with zero attached hydrogens (tertiary/aromatic N) is 2. The Morgan fingerprint density at radius 2 is 2.14 bits per heavy atom. The number of esters is 1. The van der Waals surface area contributed by atoms with Crippen molar-refractivity contribution >= 4 is 5.97 Å². The number of carbonyl (C=O) groups excluding carboxylic acids is 1. The van der Waals surface area contributed by atoms with E-state index in [0.717, 1.165) is 16.8 Å². The highest BCUT2D eigenvalue weighted by Crippen LogP contribution is 2.25. The number of aryl methyl sites for hydroxylation is 1. The van der Waals surface area contributed by atoms with Gasteiger partial charge in [-0.25, -0.2) is 19.2 Å². The van der Waals surface area contributed by atoms with Crippen LogP contribution < -0.4 is 5.32 Å². The van der Waals surface area contributed by atoms with E-state index in [1.807, 2.05) is 0 Å². The molecule has 3 rings (SSSR count). The summed E-state index contributed by atoms with van der Waals surface area (Å²) in [7, 11) is 1.32. The van der Waals surface area contributed by atoms with Crippen molar-refractivity contribution in [2.75, 3.05) is 7.11 Å². The lowest BCUT2D eigenvalue weighted by atomic mass is 10.1. The number of ether oxygens (including phenoxy) is 1. The van der Waals surface area contributed by atoms with Crippen molar-refractivity contribution < 1.29 is 13.9 Å². The van der Waals surface area contributed by atoms with Crippen molar-refractivity contribution in [1.82, 2.24) is 15.3 Å². The highest BCUT2D eigenvalue weighted by atomic mass is 19.1. The first kappa shape index (κ1) is 13.6. The molecule has 0 bridgehead atoms. The highest BCUT2D eigenvalue weighted by molar-refractivity contribution is 5.89. The molecule has 0 radical (unpaired) electrons. The average molecular weight is 287 g/mol. The molecule has 6 heteroatoms. The molecule has 5 nitrogen and oxygen atoms in total. The van der Waals surface area contributed by atoms with Crippen LogP contribution in [0.1, 0.15) is 27.3 Å². The van der Waals surface area contributed by atoms with E-state index >= 15 is 0 Å². The molecule has 0 spiro atoms. The molecular formula is C15H14FN3O2. The fourth-order valence-corrected chi connectivity index (χ4v) is 2.43. The first-order valence-electron chi connectivity index (χ1n) is 6.55. The van der Waals surface area contributed by atoms with Crippen LogP contribution in [-0.4, -0.2) is 23.0 Å². The molecule has 0 unspecified atom stereocenters. The van der Waals surface area contributed by atoms with Crippen molar-refractivity contribution in [3.8, 4) is 11.4 Å². The third-order valence-electron chi connectivity index (χ3n) is 3.50. The largest absolute Gasteiger partial charge is 0.464 e. The van der Waals surface area contributed by atoms with Gasteiger partial charge in [0.1, 0.15) is 5.82 Å². The zero-order chi connectivity index (χ0) is 15.0. The molecule has 108 valence electrons. The van der Waals surface area contributed by atoms with Crippen molar-refractivity contribution in [2.24, 2.45) is 0 Å². The summed E-state index contributed by atoms with van der Waals surface area (Å²) in [6.07, 6.45) is 0. The van der Waals surface area contributed by atoms with E-state index in [-0.39, 0.29) is 11.5 Å². The number of hydrogen-bond donors (Lipinski definition) is 1. The minimum Gasteiger partial charge on any atom is -0.464 e. The van der Waals surface area contributed by atoms with Crippen molar-refractivity contribution in [2.45, 2.75) is 20.0 Å². The van der Waals surface area contributed by atoms with E-state index in [0.29, 0.717) is 24.5 Å². The van der Waals surface area contributed by atoms with E-state index in [1.54, 1.807) is 13.0 Å². The Bertz CT molecular complexity index is 731. The fourth-order valence-electron chi connectivity index (χ4n) is 2.43. The first-order chi connectivity index (χ1) is 10.1. The van der Waals surface area contributed by atoms with Crippen LogP contribution in [0.4, 0.5) is 4.39 Å². The predicted octanol–water partition coefficient (Wildman–Crippen LogP) is 1.98. The van der Waals surface area contributed by atoms with Crippen LogP contribution in [0.2, 0.25) is 0 Å². The summed E-state index contributed by atoms with van der Waals surface area (Å²) in [5, 5.41) is 3.14. The topological polar surface area (TPSA) is 64.1 Å². The van der Waals surface area contributed by atoms with Crippen LogP contribution in [0.15, 0.2) is 18.2 Å². The maximum absolute atomic E-state index is 13.2. The standard InChI is InChI=1S/C15H14FN3O2/c1-8-5-9(16)3-4-10(8)14-18-12-7-17-6-11(12)13(19-14)15(20)21-2/h3-5,17H,6-7H2,1-2H3. The number of benzene rings is 1. The third-order valence-corrected chi connectivity index (χ3v) is 3.50. The number of rotatable bonds is 2. The molecule has 0 saturated carbocycles. The number of fused-ring (bicyclic) bond motifs is 1. The summed E-state index contributed by atoms with van der Waals surface area (Å²) in [6.45, 7) is 2.91. The molecule has 0 atom stereocenters. The molecule has 0 saturated heterocycles. The molecule has 1 N–H and O–H groups in total. The zero-order valence-corrected chi connectivity index (χ0v) is 11.7. The predicted molar refractivity (Wildman–Crippen MR) is 74.0 cm³/mol. The van der Waals surface area contributed by atoms with Gasteiger partial charge >= 0.3 is 5.97 Å². The van der Waals surface area contributed by atoms with Gasteiger partial charge in [-0.15, -0.1) is 0 Å². The average Bonchev–Trinajstić information content (AvgIpc) is 2.93. The number of halogens is 1. The van der Waals surface area contributed by atoms with Gasteiger partial charge in [-0.05, 0) is 30.7 Å². The summed E-state index contributed by atoms with van der Waals surface area (Å²) in [4.78, 5) is 20.7. The molecule has 1 aromatic carbocycles. The molecule has 0 fully saturated rings. The van der Waals surface area contributed by atoms with Crippen molar-refractivity contribution in [3.63, 3.8) is 0 Å². The molecular weight excluding hydrogens is 273 g/mol. The Hall–Kier alpha value is -2.34. The monoisotopic (exact) mass is 287 g/mol. The third kappa shape index (κ3) is 2.38. The zero-order valence-electron chi connectivity index (χ0n) is 11.7. The molecule has 0 amide bonds. The lowest BCUT2D eigenvalue weighted by molar-refractivity contribution is 0.0592. The smallest absolute Gasteiger partial charge is 0.357 e. The number of carbonyl (C=O) groups is 1. The summed E-state index contributed by atoms with van der Waals surface area (Å²) in [5.74, 6) is -0.388. The fraction of sp³-hybridized carbons (Fsp3) is 0.267. The second-order valence-corrected chi connectivity index (χ2v) is 4.88. The van der Waals surface area contributed by atoms with Crippen molar-refractivity contribution in [3.05, 3.63) is 46.5 Å². The SMILES string of the molecule is COC(=O)c1nc(-c2ccc(F)cc2C)nc2c1CNC2. The lowest BCUT2D eigenvalue weighted by Crippen LogP contribution is -2.12. The summed E-state index contributed by atoms with van der Waals surface area (Å²) in [6, 6.07) is 4.40.